The zero-order valence-electron chi connectivity index (χ0n) is 11.7. The van der Waals surface area contributed by atoms with Crippen LogP contribution in [0.5, 0.6) is 0 Å². The standard InChI is InChI=1S/C16H23NO2/c1-19-13-16(18)17(15-10-6-3-7-11-15)12-14-8-4-2-5-9-14/h2,4-5,8-9,15H,3,6-7,10-13H2,1H3. The summed E-state index contributed by atoms with van der Waals surface area (Å²) in [6.45, 7) is 0.886. The summed E-state index contributed by atoms with van der Waals surface area (Å²) in [6.07, 6.45) is 6.02. The van der Waals surface area contributed by atoms with Gasteiger partial charge >= 0.3 is 0 Å². The SMILES string of the molecule is COCC(=O)N(Cc1ccccc1)C1CCCCC1. The van der Waals surface area contributed by atoms with Crippen molar-refractivity contribution in [1.29, 1.82) is 0 Å². The summed E-state index contributed by atoms with van der Waals surface area (Å²) < 4.78 is 5.02. The first-order chi connectivity index (χ1) is 9.31. The van der Waals surface area contributed by atoms with Crippen molar-refractivity contribution in [1.82, 2.24) is 4.90 Å². The molecule has 1 aliphatic carbocycles. The summed E-state index contributed by atoms with van der Waals surface area (Å²) in [5, 5.41) is 0. The van der Waals surface area contributed by atoms with Crippen LogP contribution in [0.15, 0.2) is 30.3 Å². The van der Waals surface area contributed by atoms with Crippen LogP contribution in [0.25, 0.3) is 0 Å². The predicted octanol–water partition coefficient (Wildman–Crippen LogP) is 2.99. The fourth-order valence-electron chi connectivity index (χ4n) is 2.80. The zero-order valence-corrected chi connectivity index (χ0v) is 11.7. The molecule has 0 spiro atoms. The number of ether oxygens (including phenoxy) is 1. The fourth-order valence-corrected chi connectivity index (χ4v) is 2.80. The van der Waals surface area contributed by atoms with Crippen LogP contribution < -0.4 is 0 Å². The molecule has 1 amide bonds. The average Bonchev–Trinajstić information content (AvgIpc) is 2.47. The highest BCUT2D eigenvalue weighted by Gasteiger charge is 2.25. The normalized spacial score (nSPS) is 16.3. The van der Waals surface area contributed by atoms with E-state index in [0.717, 1.165) is 12.8 Å². The molecule has 0 heterocycles. The topological polar surface area (TPSA) is 29.5 Å². The lowest BCUT2D eigenvalue weighted by Gasteiger charge is -2.34. The van der Waals surface area contributed by atoms with Gasteiger partial charge < -0.3 is 9.64 Å². The molecule has 1 fully saturated rings. The van der Waals surface area contributed by atoms with Gasteiger partial charge in [-0.1, -0.05) is 49.6 Å². The second kappa shape index (κ2) is 7.29. The molecule has 3 nitrogen and oxygen atoms in total. The molecule has 19 heavy (non-hydrogen) atoms. The van der Waals surface area contributed by atoms with Crippen molar-refractivity contribution in [3.05, 3.63) is 35.9 Å². The highest BCUT2D eigenvalue weighted by Crippen LogP contribution is 2.24. The maximum atomic E-state index is 12.2. The molecule has 2 rings (SSSR count). The Morgan fingerprint density at radius 2 is 1.89 bits per heavy atom. The molecule has 104 valence electrons. The Hall–Kier alpha value is -1.35. The smallest absolute Gasteiger partial charge is 0.249 e. The first kappa shape index (κ1) is 14.1. The Kier molecular flexibility index (Phi) is 5.40. The summed E-state index contributed by atoms with van der Waals surface area (Å²) >= 11 is 0. The summed E-state index contributed by atoms with van der Waals surface area (Å²) in [4.78, 5) is 14.3. The second-order valence-corrected chi connectivity index (χ2v) is 5.23. The van der Waals surface area contributed by atoms with Gasteiger partial charge in [-0.25, -0.2) is 0 Å². The van der Waals surface area contributed by atoms with Gasteiger partial charge in [0.05, 0.1) is 0 Å². The van der Waals surface area contributed by atoms with E-state index in [1.807, 2.05) is 23.1 Å². The van der Waals surface area contributed by atoms with Gasteiger partial charge in [0.15, 0.2) is 0 Å². The average molecular weight is 261 g/mol. The van der Waals surface area contributed by atoms with Crippen molar-refractivity contribution in [2.24, 2.45) is 0 Å². The fraction of sp³-hybridized carbons (Fsp3) is 0.562. The minimum Gasteiger partial charge on any atom is -0.375 e. The van der Waals surface area contributed by atoms with Crippen LogP contribution in [0, 0.1) is 0 Å². The Labute approximate surface area is 115 Å². The molecule has 1 aromatic carbocycles. The van der Waals surface area contributed by atoms with Crippen molar-refractivity contribution >= 4 is 5.91 Å². The Bertz CT molecular complexity index is 385. The minimum absolute atomic E-state index is 0.109. The first-order valence-electron chi connectivity index (χ1n) is 7.13. The van der Waals surface area contributed by atoms with Crippen LogP contribution in [0.2, 0.25) is 0 Å². The third-order valence-corrected chi connectivity index (χ3v) is 3.80. The van der Waals surface area contributed by atoms with Gasteiger partial charge in [0.1, 0.15) is 6.61 Å². The van der Waals surface area contributed by atoms with Crippen LogP contribution in [-0.2, 0) is 16.1 Å². The van der Waals surface area contributed by atoms with E-state index < -0.39 is 0 Å². The van der Waals surface area contributed by atoms with Gasteiger partial charge in [0, 0.05) is 19.7 Å². The van der Waals surface area contributed by atoms with E-state index in [9.17, 15) is 4.79 Å². The second-order valence-electron chi connectivity index (χ2n) is 5.23. The molecule has 1 aliphatic rings. The van der Waals surface area contributed by atoms with Crippen molar-refractivity contribution in [2.45, 2.75) is 44.7 Å². The van der Waals surface area contributed by atoms with Gasteiger partial charge in [-0.2, -0.15) is 0 Å². The number of rotatable bonds is 5. The Balaban J connectivity index is 2.06. The monoisotopic (exact) mass is 261 g/mol. The van der Waals surface area contributed by atoms with E-state index >= 15 is 0 Å². The molecule has 1 saturated carbocycles. The van der Waals surface area contributed by atoms with Gasteiger partial charge in [-0.05, 0) is 18.4 Å². The maximum absolute atomic E-state index is 12.2. The van der Waals surface area contributed by atoms with Crippen LogP contribution >= 0.6 is 0 Å². The molecule has 0 saturated heterocycles. The van der Waals surface area contributed by atoms with Gasteiger partial charge in [0.2, 0.25) is 5.91 Å². The lowest BCUT2D eigenvalue weighted by molar-refractivity contribution is -0.139. The molecule has 0 aromatic heterocycles. The first-order valence-corrected chi connectivity index (χ1v) is 7.13. The number of carbonyl (C=O) groups is 1. The van der Waals surface area contributed by atoms with E-state index in [0.29, 0.717) is 12.6 Å². The summed E-state index contributed by atoms with van der Waals surface area (Å²) in [6, 6.07) is 10.6. The predicted molar refractivity (Wildman–Crippen MR) is 75.7 cm³/mol. The maximum Gasteiger partial charge on any atom is 0.249 e. The molecule has 0 atom stereocenters. The minimum atomic E-state index is 0.109. The van der Waals surface area contributed by atoms with Gasteiger partial charge in [-0.3, -0.25) is 4.79 Å². The van der Waals surface area contributed by atoms with Crippen LogP contribution in [0.3, 0.4) is 0 Å². The van der Waals surface area contributed by atoms with Crippen molar-refractivity contribution in [3.8, 4) is 0 Å². The number of carbonyl (C=O) groups excluding carboxylic acids is 1. The molecule has 3 heteroatoms. The summed E-state index contributed by atoms with van der Waals surface area (Å²) in [7, 11) is 1.58. The van der Waals surface area contributed by atoms with Crippen molar-refractivity contribution < 1.29 is 9.53 Å². The molecular formula is C16H23NO2. The van der Waals surface area contributed by atoms with Crippen LogP contribution in [-0.4, -0.2) is 30.6 Å². The van der Waals surface area contributed by atoms with E-state index in [1.165, 1.54) is 24.8 Å². The molecule has 1 aromatic rings. The van der Waals surface area contributed by atoms with Crippen molar-refractivity contribution in [3.63, 3.8) is 0 Å². The molecule has 0 aliphatic heterocycles. The molecule has 0 bridgehead atoms. The number of amides is 1. The molecular weight excluding hydrogens is 238 g/mol. The molecule has 0 unspecified atom stereocenters. The summed E-state index contributed by atoms with van der Waals surface area (Å²) in [5.41, 5.74) is 1.19. The Morgan fingerprint density at radius 3 is 2.53 bits per heavy atom. The number of benzene rings is 1. The lowest BCUT2D eigenvalue weighted by atomic mass is 9.93. The van der Waals surface area contributed by atoms with E-state index in [-0.39, 0.29) is 12.5 Å². The van der Waals surface area contributed by atoms with Gasteiger partial charge in [0.25, 0.3) is 0 Å². The highest BCUT2D eigenvalue weighted by atomic mass is 16.5. The van der Waals surface area contributed by atoms with E-state index in [2.05, 4.69) is 12.1 Å². The van der Waals surface area contributed by atoms with E-state index in [4.69, 9.17) is 4.74 Å². The molecule has 0 N–H and O–H groups in total. The van der Waals surface area contributed by atoms with Crippen molar-refractivity contribution in [2.75, 3.05) is 13.7 Å². The lowest BCUT2D eigenvalue weighted by Crippen LogP contribution is -2.42. The number of methoxy groups -OCH3 is 1. The zero-order chi connectivity index (χ0) is 13.5. The number of nitrogens with zero attached hydrogens (tertiary/aromatic N) is 1. The highest BCUT2D eigenvalue weighted by molar-refractivity contribution is 5.77. The van der Waals surface area contributed by atoms with Crippen LogP contribution in [0.4, 0.5) is 0 Å². The van der Waals surface area contributed by atoms with Gasteiger partial charge in [-0.15, -0.1) is 0 Å². The number of hydrogen-bond acceptors (Lipinski definition) is 2. The molecule has 0 radical (unpaired) electrons. The largest absolute Gasteiger partial charge is 0.375 e. The Morgan fingerprint density at radius 1 is 1.21 bits per heavy atom. The van der Waals surface area contributed by atoms with E-state index in [1.54, 1.807) is 7.11 Å². The van der Waals surface area contributed by atoms with Crippen LogP contribution in [0.1, 0.15) is 37.7 Å². The third kappa shape index (κ3) is 4.06. The summed E-state index contributed by atoms with van der Waals surface area (Å²) in [5.74, 6) is 0.109. The quantitative estimate of drug-likeness (QED) is 0.815. The third-order valence-electron chi connectivity index (χ3n) is 3.80. The number of hydrogen-bond donors (Lipinski definition) is 0.